The van der Waals surface area contributed by atoms with E-state index in [1.165, 1.54) is 6.08 Å². The Kier molecular flexibility index (Phi) is 5.69. The molecule has 1 unspecified atom stereocenters. The molecule has 6 heteroatoms. The minimum absolute atomic E-state index is 0.0359. The van der Waals surface area contributed by atoms with Crippen LogP contribution in [0.15, 0.2) is 65.2 Å². The first-order chi connectivity index (χ1) is 13.3. The average Bonchev–Trinajstić information content (AvgIpc) is 3.14. The van der Waals surface area contributed by atoms with Gasteiger partial charge >= 0.3 is 5.97 Å². The smallest absolute Gasteiger partial charge is 0.328 e. The SMILES string of the molecule is CC1(C)C(C=C(Cl)Cl)[C@]1(C#N)C(=O)OCc1cccc(Oc2ccccc2)c1. The summed E-state index contributed by atoms with van der Waals surface area (Å²) >= 11 is 11.5. The minimum Gasteiger partial charge on any atom is -0.460 e. The van der Waals surface area contributed by atoms with Crippen molar-refractivity contribution in [3.8, 4) is 17.6 Å². The molecule has 0 radical (unpaired) electrons. The number of ether oxygens (including phenoxy) is 2. The fourth-order valence-electron chi connectivity index (χ4n) is 3.50. The maximum Gasteiger partial charge on any atom is 0.328 e. The highest BCUT2D eigenvalue weighted by atomic mass is 35.5. The summed E-state index contributed by atoms with van der Waals surface area (Å²) in [5, 5.41) is 9.67. The van der Waals surface area contributed by atoms with Gasteiger partial charge in [0.1, 0.15) is 22.6 Å². The Labute approximate surface area is 174 Å². The summed E-state index contributed by atoms with van der Waals surface area (Å²) in [5.74, 6) is 0.379. The number of nitriles is 1. The minimum atomic E-state index is -1.29. The lowest BCUT2D eigenvalue weighted by molar-refractivity contribution is -0.150. The fourth-order valence-corrected chi connectivity index (χ4v) is 3.75. The molecule has 1 aliphatic rings. The van der Waals surface area contributed by atoms with Crippen molar-refractivity contribution in [2.45, 2.75) is 20.5 Å². The van der Waals surface area contributed by atoms with E-state index in [0.717, 1.165) is 5.56 Å². The zero-order valence-corrected chi connectivity index (χ0v) is 17.0. The number of esters is 1. The van der Waals surface area contributed by atoms with E-state index in [0.29, 0.717) is 11.5 Å². The predicted molar refractivity (Wildman–Crippen MR) is 108 cm³/mol. The van der Waals surface area contributed by atoms with Crippen LogP contribution in [0.25, 0.3) is 0 Å². The van der Waals surface area contributed by atoms with Crippen LogP contribution < -0.4 is 4.74 Å². The molecular weight excluding hydrogens is 397 g/mol. The van der Waals surface area contributed by atoms with Crippen molar-refractivity contribution in [1.82, 2.24) is 0 Å². The molecule has 0 N–H and O–H groups in total. The van der Waals surface area contributed by atoms with Gasteiger partial charge in [-0.2, -0.15) is 5.26 Å². The summed E-state index contributed by atoms with van der Waals surface area (Å²) in [7, 11) is 0. The highest BCUT2D eigenvalue weighted by Crippen LogP contribution is 2.70. The predicted octanol–water partition coefficient (Wildman–Crippen LogP) is 6.01. The summed E-state index contributed by atoms with van der Waals surface area (Å²) in [6.45, 7) is 3.68. The Balaban J connectivity index is 1.69. The lowest BCUT2D eigenvalue weighted by atomic mass is 9.98. The monoisotopic (exact) mass is 415 g/mol. The van der Waals surface area contributed by atoms with Gasteiger partial charge in [0.15, 0.2) is 5.41 Å². The molecule has 0 amide bonds. The molecule has 2 aromatic rings. The maximum absolute atomic E-state index is 12.7. The van der Waals surface area contributed by atoms with Crippen molar-refractivity contribution in [3.05, 3.63) is 70.7 Å². The van der Waals surface area contributed by atoms with Crippen LogP contribution in [-0.2, 0) is 16.1 Å². The van der Waals surface area contributed by atoms with Gasteiger partial charge in [-0.1, -0.05) is 67.4 Å². The first kappa shape index (κ1) is 20.3. The summed E-state index contributed by atoms with van der Waals surface area (Å²) in [6, 6.07) is 18.8. The van der Waals surface area contributed by atoms with Gasteiger partial charge in [-0.25, -0.2) is 0 Å². The van der Waals surface area contributed by atoms with Crippen LogP contribution in [0.3, 0.4) is 0 Å². The molecular formula is C22H19Cl2NO3. The van der Waals surface area contributed by atoms with Gasteiger partial charge in [0.25, 0.3) is 0 Å². The number of halogens is 2. The number of benzene rings is 2. The van der Waals surface area contributed by atoms with Crippen LogP contribution in [0.2, 0.25) is 0 Å². The molecule has 2 aromatic carbocycles. The van der Waals surface area contributed by atoms with E-state index >= 15 is 0 Å². The second-order valence-corrected chi connectivity index (χ2v) is 8.22. The Morgan fingerprint density at radius 3 is 2.46 bits per heavy atom. The second-order valence-electron chi connectivity index (χ2n) is 7.21. The topological polar surface area (TPSA) is 59.3 Å². The molecule has 1 fully saturated rings. The first-order valence-electron chi connectivity index (χ1n) is 8.74. The van der Waals surface area contributed by atoms with Crippen molar-refractivity contribution >= 4 is 29.2 Å². The van der Waals surface area contributed by atoms with Crippen molar-refractivity contribution in [2.75, 3.05) is 0 Å². The molecule has 0 bridgehead atoms. The molecule has 0 aromatic heterocycles. The Morgan fingerprint density at radius 2 is 1.82 bits per heavy atom. The Morgan fingerprint density at radius 1 is 1.14 bits per heavy atom. The molecule has 3 rings (SSSR count). The highest BCUT2D eigenvalue weighted by molar-refractivity contribution is 6.55. The maximum atomic E-state index is 12.7. The highest BCUT2D eigenvalue weighted by Gasteiger charge is 2.77. The zero-order valence-electron chi connectivity index (χ0n) is 15.5. The first-order valence-corrected chi connectivity index (χ1v) is 9.50. The number of carbonyl (C=O) groups is 1. The molecule has 1 aliphatic carbocycles. The van der Waals surface area contributed by atoms with Crippen LogP contribution in [0.4, 0.5) is 0 Å². The summed E-state index contributed by atoms with van der Waals surface area (Å²) in [6.07, 6.45) is 1.53. The number of carbonyl (C=O) groups excluding carboxylic acids is 1. The van der Waals surface area contributed by atoms with E-state index in [4.69, 9.17) is 32.7 Å². The van der Waals surface area contributed by atoms with E-state index in [1.54, 1.807) is 6.07 Å². The van der Waals surface area contributed by atoms with Gasteiger partial charge in [-0.3, -0.25) is 4.79 Å². The summed E-state index contributed by atoms with van der Waals surface area (Å²) < 4.78 is 11.3. The second kappa shape index (κ2) is 7.87. The van der Waals surface area contributed by atoms with E-state index in [2.05, 4.69) is 6.07 Å². The number of nitrogens with zero attached hydrogens (tertiary/aromatic N) is 1. The largest absolute Gasteiger partial charge is 0.460 e. The van der Waals surface area contributed by atoms with Gasteiger partial charge in [0.2, 0.25) is 0 Å². The molecule has 0 heterocycles. The number of allylic oxidation sites excluding steroid dienone is 1. The van der Waals surface area contributed by atoms with Crippen molar-refractivity contribution in [1.29, 1.82) is 5.26 Å². The lowest BCUT2D eigenvalue weighted by Crippen LogP contribution is -2.23. The Bertz CT molecular complexity index is 946. The molecule has 144 valence electrons. The molecule has 0 saturated heterocycles. The van der Waals surface area contributed by atoms with E-state index < -0.39 is 22.7 Å². The molecule has 0 spiro atoms. The number of hydrogen-bond acceptors (Lipinski definition) is 4. The average molecular weight is 416 g/mol. The van der Waals surface area contributed by atoms with Gasteiger partial charge in [-0.15, -0.1) is 0 Å². The third-order valence-electron chi connectivity index (χ3n) is 5.22. The van der Waals surface area contributed by atoms with Gasteiger partial charge in [0, 0.05) is 11.3 Å². The van der Waals surface area contributed by atoms with Crippen LogP contribution in [0.5, 0.6) is 11.5 Å². The number of para-hydroxylation sites is 1. The zero-order chi connectivity index (χ0) is 20.4. The lowest BCUT2D eigenvalue weighted by Gasteiger charge is -2.12. The molecule has 2 atom stereocenters. The van der Waals surface area contributed by atoms with Crippen LogP contribution >= 0.6 is 23.2 Å². The number of rotatable bonds is 6. The summed E-state index contributed by atoms with van der Waals surface area (Å²) in [4.78, 5) is 12.7. The Hall–Kier alpha value is -2.48. The van der Waals surface area contributed by atoms with E-state index in [1.807, 2.05) is 62.4 Å². The quantitative estimate of drug-likeness (QED) is 0.542. The van der Waals surface area contributed by atoms with Gasteiger partial charge < -0.3 is 9.47 Å². The van der Waals surface area contributed by atoms with Crippen LogP contribution in [-0.4, -0.2) is 5.97 Å². The van der Waals surface area contributed by atoms with E-state index in [9.17, 15) is 10.1 Å². The molecule has 0 aliphatic heterocycles. The van der Waals surface area contributed by atoms with Gasteiger partial charge in [-0.05, 0) is 35.9 Å². The third-order valence-corrected chi connectivity index (χ3v) is 5.47. The van der Waals surface area contributed by atoms with Crippen molar-refractivity contribution < 1.29 is 14.3 Å². The van der Waals surface area contributed by atoms with Crippen molar-refractivity contribution in [2.24, 2.45) is 16.7 Å². The molecule has 28 heavy (non-hydrogen) atoms. The molecule has 4 nitrogen and oxygen atoms in total. The third kappa shape index (κ3) is 3.73. The number of hydrogen-bond donors (Lipinski definition) is 0. The van der Waals surface area contributed by atoms with Crippen molar-refractivity contribution in [3.63, 3.8) is 0 Å². The standard InChI is InChI=1S/C22H19Cl2NO3/c1-21(2)18(12-19(23)24)22(21,14-25)20(26)27-13-15-7-6-10-17(11-15)28-16-8-4-3-5-9-16/h3-12,18H,13H2,1-2H3/t18?,22-/m1/s1. The van der Waals surface area contributed by atoms with E-state index in [-0.39, 0.29) is 11.1 Å². The normalized spacial score (nSPS) is 21.9. The molecule has 1 saturated carbocycles. The summed E-state index contributed by atoms with van der Waals surface area (Å²) in [5.41, 5.74) is -1.14. The van der Waals surface area contributed by atoms with Crippen LogP contribution in [0.1, 0.15) is 19.4 Å². The fraction of sp³-hybridized carbons (Fsp3) is 0.273. The van der Waals surface area contributed by atoms with Crippen LogP contribution in [0, 0.1) is 28.1 Å². The van der Waals surface area contributed by atoms with Gasteiger partial charge in [0.05, 0.1) is 6.07 Å².